The molecule has 5 heteroatoms. The first-order valence-electron chi connectivity index (χ1n) is 8.49. The van der Waals surface area contributed by atoms with Gasteiger partial charge in [0.2, 0.25) is 0 Å². The van der Waals surface area contributed by atoms with Gasteiger partial charge in [-0.1, -0.05) is 60.3 Å². The molecular formula is C20H23N3OS. The fourth-order valence-electron chi connectivity index (χ4n) is 2.30. The third-order valence-electron chi connectivity index (χ3n) is 3.86. The number of nitrogens with two attached hydrogens (primary N) is 1. The van der Waals surface area contributed by atoms with E-state index in [2.05, 4.69) is 34.5 Å². The molecule has 25 heavy (non-hydrogen) atoms. The van der Waals surface area contributed by atoms with Gasteiger partial charge in [-0.25, -0.2) is 0 Å². The van der Waals surface area contributed by atoms with E-state index in [4.69, 9.17) is 10.5 Å². The first-order valence-corrected chi connectivity index (χ1v) is 9.48. The van der Waals surface area contributed by atoms with Crippen LogP contribution in [0.1, 0.15) is 29.5 Å². The van der Waals surface area contributed by atoms with E-state index < -0.39 is 0 Å². The molecule has 2 N–H and O–H groups in total. The lowest BCUT2D eigenvalue weighted by atomic mass is 10.1. The number of ether oxygens (including phenoxy) is 1. The van der Waals surface area contributed by atoms with Crippen LogP contribution < -0.4 is 5.73 Å². The molecule has 1 fully saturated rings. The molecule has 4 nitrogen and oxygen atoms in total. The van der Waals surface area contributed by atoms with Crippen molar-refractivity contribution in [3.05, 3.63) is 71.3 Å². The van der Waals surface area contributed by atoms with Crippen LogP contribution in [0.2, 0.25) is 0 Å². The minimum atomic E-state index is 0.462. The lowest BCUT2D eigenvalue weighted by Gasteiger charge is -2.04. The molecule has 0 spiro atoms. The molecule has 0 atom stereocenters. The zero-order chi connectivity index (χ0) is 17.3. The van der Waals surface area contributed by atoms with E-state index in [1.165, 1.54) is 30.2 Å². The maximum absolute atomic E-state index is 5.89. The van der Waals surface area contributed by atoms with Gasteiger partial charge in [0.05, 0.1) is 12.8 Å². The SMILES string of the molecule is NC(=NN=Cc1cccc(COCC2CC2)c1)SCc1ccccc1. The molecule has 0 aliphatic heterocycles. The second-order valence-electron chi connectivity index (χ2n) is 6.16. The normalized spacial score (nSPS) is 15.0. The summed E-state index contributed by atoms with van der Waals surface area (Å²) in [4.78, 5) is 0. The first kappa shape index (κ1) is 17.7. The van der Waals surface area contributed by atoms with Crippen molar-refractivity contribution in [3.63, 3.8) is 0 Å². The molecule has 3 rings (SSSR count). The van der Waals surface area contributed by atoms with Gasteiger partial charge in [-0.3, -0.25) is 0 Å². The molecule has 0 bridgehead atoms. The van der Waals surface area contributed by atoms with E-state index in [-0.39, 0.29) is 0 Å². The summed E-state index contributed by atoms with van der Waals surface area (Å²) in [7, 11) is 0. The summed E-state index contributed by atoms with van der Waals surface area (Å²) in [5, 5.41) is 8.61. The van der Waals surface area contributed by atoms with Crippen LogP contribution >= 0.6 is 11.8 Å². The third kappa shape index (κ3) is 6.72. The number of amidine groups is 1. The molecule has 2 aromatic rings. The smallest absolute Gasteiger partial charge is 0.180 e. The fourth-order valence-corrected chi connectivity index (χ4v) is 2.92. The molecule has 130 valence electrons. The zero-order valence-corrected chi connectivity index (χ0v) is 15.0. The Morgan fingerprint density at radius 2 is 1.92 bits per heavy atom. The average Bonchev–Trinajstić information content (AvgIpc) is 3.46. The molecule has 1 aliphatic rings. The van der Waals surface area contributed by atoms with Crippen LogP contribution in [-0.4, -0.2) is 18.0 Å². The Morgan fingerprint density at radius 1 is 1.12 bits per heavy atom. The second kappa shape index (κ2) is 9.39. The van der Waals surface area contributed by atoms with Gasteiger partial charge in [-0.15, -0.1) is 5.10 Å². The van der Waals surface area contributed by atoms with E-state index in [1.54, 1.807) is 6.21 Å². The van der Waals surface area contributed by atoms with E-state index in [9.17, 15) is 0 Å². The lowest BCUT2D eigenvalue weighted by molar-refractivity contribution is 0.111. The zero-order valence-electron chi connectivity index (χ0n) is 14.2. The van der Waals surface area contributed by atoms with Gasteiger partial charge < -0.3 is 10.5 Å². The van der Waals surface area contributed by atoms with Gasteiger partial charge in [0.25, 0.3) is 0 Å². The van der Waals surface area contributed by atoms with Crippen molar-refractivity contribution in [2.45, 2.75) is 25.2 Å². The predicted molar refractivity (Wildman–Crippen MR) is 106 cm³/mol. The van der Waals surface area contributed by atoms with Crippen LogP contribution in [0, 0.1) is 5.92 Å². The molecular weight excluding hydrogens is 330 g/mol. The average molecular weight is 353 g/mol. The highest BCUT2D eigenvalue weighted by atomic mass is 32.2. The Morgan fingerprint density at radius 3 is 2.72 bits per heavy atom. The van der Waals surface area contributed by atoms with Gasteiger partial charge in [0.15, 0.2) is 5.17 Å². The highest BCUT2D eigenvalue weighted by Crippen LogP contribution is 2.29. The van der Waals surface area contributed by atoms with Crippen molar-refractivity contribution in [2.75, 3.05) is 6.61 Å². The maximum Gasteiger partial charge on any atom is 0.180 e. The molecule has 0 unspecified atom stereocenters. The lowest BCUT2D eigenvalue weighted by Crippen LogP contribution is -2.06. The van der Waals surface area contributed by atoms with E-state index in [1.807, 2.05) is 30.3 Å². The van der Waals surface area contributed by atoms with Crippen molar-refractivity contribution in [1.82, 2.24) is 0 Å². The summed E-state index contributed by atoms with van der Waals surface area (Å²) < 4.78 is 5.72. The van der Waals surface area contributed by atoms with E-state index >= 15 is 0 Å². The molecule has 0 radical (unpaired) electrons. The van der Waals surface area contributed by atoms with Crippen molar-refractivity contribution < 1.29 is 4.74 Å². The third-order valence-corrected chi connectivity index (χ3v) is 4.72. The first-order chi connectivity index (χ1) is 12.3. The van der Waals surface area contributed by atoms with Crippen LogP contribution in [0.25, 0.3) is 0 Å². The second-order valence-corrected chi connectivity index (χ2v) is 7.16. The van der Waals surface area contributed by atoms with Crippen LogP contribution in [-0.2, 0) is 17.1 Å². The van der Waals surface area contributed by atoms with Gasteiger partial charge in [-0.2, -0.15) is 5.10 Å². The number of nitrogens with zero attached hydrogens (tertiary/aromatic N) is 2. The molecule has 0 amide bonds. The van der Waals surface area contributed by atoms with Crippen LogP contribution in [0.15, 0.2) is 64.8 Å². The Balaban J connectivity index is 1.46. The van der Waals surface area contributed by atoms with Gasteiger partial charge in [-0.05, 0) is 41.5 Å². The Bertz CT molecular complexity index is 727. The number of hydrogen-bond donors (Lipinski definition) is 1. The van der Waals surface area contributed by atoms with Crippen molar-refractivity contribution >= 4 is 23.1 Å². The Kier molecular flexibility index (Phi) is 6.65. The highest BCUT2D eigenvalue weighted by molar-refractivity contribution is 8.13. The molecule has 2 aromatic carbocycles. The molecule has 1 saturated carbocycles. The highest BCUT2D eigenvalue weighted by Gasteiger charge is 2.20. The number of hydrogen-bond acceptors (Lipinski definition) is 4. The number of benzene rings is 2. The molecule has 0 aromatic heterocycles. The van der Waals surface area contributed by atoms with Gasteiger partial charge in [0, 0.05) is 12.4 Å². The topological polar surface area (TPSA) is 60.0 Å². The van der Waals surface area contributed by atoms with Crippen molar-refractivity contribution in [1.29, 1.82) is 0 Å². The van der Waals surface area contributed by atoms with E-state index in [0.717, 1.165) is 29.4 Å². The Hall–Kier alpha value is -2.11. The maximum atomic E-state index is 5.89. The minimum Gasteiger partial charge on any atom is -0.377 e. The van der Waals surface area contributed by atoms with Crippen molar-refractivity contribution in [3.8, 4) is 0 Å². The monoisotopic (exact) mass is 353 g/mol. The quantitative estimate of drug-likeness (QED) is 0.440. The minimum absolute atomic E-state index is 0.462. The van der Waals surface area contributed by atoms with Crippen LogP contribution in [0.4, 0.5) is 0 Å². The summed E-state index contributed by atoms with van der Waals surface area (Å²) in [6.45, 7) is 1.52. The number of thioether (sulfide) groups is 1. The fraction of sp³-hybridized carbons (Fsp3) is 0.300. The standard InChI is InChI=1S/C20H23N3OS/c21-20(25-15-17-5-2-1-3-6-17)23-22-12-18-7-4-8-19(11-18)14-24-13-16-9-10-16/h1-8,11-12,16H,9-10,13-15H2,(H2,21,23). The van der Waals surface area contributed by atoms with Gasteiger partial charge in [0.1, 0.15) is 0 Å². The van der Waals surface area contributed by atoms with Crippen LogP contribution in [0.5, 0.6) is 0 Å². The summed E-state index contributed by atoms with van der Waals surface area (Å²) >= 11 is 1.48. The summed E-state index contributed by atoms with van der Waals surface area (Å²) in [5.41, 5.74) is 9.26. The summed E-state index contributed by atoms with van der Waals surface area (Å²) in [6, 6.07) is 18.3. The number of rotatable bonds is 8. The Labute approximate surface area is 153 Å². The van der Waals surface area contributed by atoms with Crippen molar-refractivity contribution in [2.24, 2.45) is 21.9 Å². The summed E-state index contributed by atoms with van der Waals surface area (Å²) in [6.07, 6.45) is 4.35. The van der Waals surface area contributed by atoms with Gasteiger partial charge >= 0.3 is 0 Å². The summed E-state index contributed by atoms with van der Waals surface area (Å²) in [5.74, 6) is 1.58. The molecule has 1 aliphatic carbocycles. The van der Waals surface area contributed by atoms with E-state index in [0.29, 0.717) is 11.8 Å². The van der Waals surface area contributed by atoms with Crippen LogP contribution in [0.3, 0.4) is 0 Å². The largest absolute Gasteiger partial charge is 0.377 e. The molecule has 0 saturated heterocycles. The molecule has 0 heterocycles. The predicted octanol–water partition coefficient (Wildman–Crippen LogP) is 4.20.